The van der Waals surface area contributed by atoms with Crippen molar-refractivity contribution in [2.24, 2.45) is 5.10 Å². The lowest BCUT2D eigenvalue weighted by Gasteiger charge is -2.10. The quantitative estimate of drug-likeness (QED) is 0.614. The number of nitrogens with zero attached hydrogens (tertiary/aromatic N) is 4. The van der Waals surface area contributed by atoms with Gasteiger partial charge in [0, 0.05) is 22.7 Å². The molecule has 0 unspecified atom stereocenters. The fraction of sp³-hybridized carbons (Fsp3) is 0.0952. The summed E-state index contributed by atoms with van der Waals surface area (Å²) in [5.74, 6) is -0.861. The molecule has 0 spiro atoms. The molecular weight excluding hydrogens is 381 g/mol. The van der Waals surface area contributed by atoms with Crippen LogP contribution in [0.25, 0.3) is 17.0 Å². The Morgan fingerprint density at radius 3 is 2.45 bits per heavy atom. The van der Waals surface area contributed by atoms with Crippen LogP contribution in [0.3, 0.4) is 0 Å². The van der Waals surface area contributed by atoms with Crippen LogP contribution < -0.4 is 5.01 Å². The average molecular weight is 394 g/mol. The minimum Gasteiger partial charge on any atom is -0.333 e. The molecule has 0 saturated carbocycles. The molecule has 0 saturated heterocycles. The highest BCUT2D eigenvalue weighted by molar-refractivity contribution is 6.34. The Bertz CT molecular complexity index is 1200. The van der Waals surface area contributed by atoms with E-state index in [9.17, 15) is 18.0 Å². The van der Waals surface area contributed by atoms with E-state index < -0.39 is 23.4 Å². The number of anilines is 1. The smallest absolute Gasteiger partial charge is 0.333 e. The summed E-state index contributed by atoms with van der Waals surface area (Å²) in [4.78, 5) is 12.8. The van der Waals surface area contributed by atoms with Crippen LogP contribution in [0, 0.1) is 11.3 Å². The Hall–Kier alpha value is -3.86. The number of aromatic nitrogens is 1. The van der Waals surface area contributed by atoms with E-state index in [1.165, 1.54) is 18.2 Å². The summed E-state index contributed by atoms with van der Waals surface area (Å²) in [7, 11) is 0. The number of rotatable bonds is 3. The van der Waals surface area contributed by atoms with Gasteiger partial charge < -0.3 is 4.57 Å². The summed E-state index contributed by atoms with van der Waals surface area (Å²) in [5, 5.41) is 14.0. The van der Waals surface area contributed by atoms with E-state index >= 15 is 0 Å². The van der Waals surface area contributed by atoms with Crippen LogP contribution in [-0.2, 0) is 11.3 Å². The molecule has 3 aromatic rings. The second-order valence-corrected chi connectivity index (χ2v) is 6.34. The number of halogens is 3. The van der Waals surface area contributed by atoms with E-state index in [-0.39, 0.29) is 12.2 Å². The third kappa shape index (κ3) is 3.27. The van der Waals surface area contributed by atoms with Gasteiger partial charge >= 0.3 is 6.18 Å². The molecule has 0 radical (unpaired) electrons. The maximum Gasteiger partial charge on any atom is 0.435 e. The number of alkyl halides is 3. The molecule has 0 fully saturated rings. The Balaban J connectivity index is 1.87. The van der Waals surface area contributed by atoms with Crippen molar-refractivity contribution in [1.82, 2.24) is 4.57 Å². The van der Waals surface area contributed by atoms with Crippen LogP contribution in [0.5, 0.6) is 0 Å². The molecule has 0 bridgehead atoms. The molecule has 5 nitrogen and oxygen atoms in total. The topological polar surface area (TPSA) is 61.4 Å². The minimum atomic E-state index is -4.80. The zero-order chi connectivity index (χ0) is 20.6. The van der Waals surface area contributed by atoms with E-state index in [0.29, 0.717) is 16.5 Å². The number of hydrogen-bond donors (Lipinski definition) is 0. The van der Waals surface area contributed by atoms with Gasteiger partial charge in [-0.15, -0.1) is 0 Å². The van der Waals surface area contributed by atoms with Gasteiger partial charge in [-0.25, -0.2) is 0 Å². The molecular formula is C21H13F3N4O. The van der Waals surface area contributed by atoms with Gasteiger partial charge in [-0.05, 0) is 24.3 Å². The summed E-state index contributed by atoms with van der Waals surface area (Å²) in [6, 6.07) is 17.0. The van der Waals surface area contributed by atoms with Crippen molar-refractivity contribution in [1.29, 1.82) is 5.26 Å². The Morgan fingerprint density at radius 1 is 1.07 bits per heavy atom. The normalized spacial score (nSPS) is 15.8. The summed E-state index contributed by atoms with van der Waals surface area (Å²) >= 11 is 0. The van der Waals surface area contributed by atoms with Gasteiger partial charge in [0.05, 0.1) is 17.3 Å². The number of carbonyl (C=O) groups is 1. The summed E-state index contributed by atoms with van der Waals surface area (Å²) in [5.41, 5.74) is -0.443. The maximum absolute atomic E-state index is 13.6. The van der Waals surface area contributed by atoms with E-state index in [4.69, 9.17) is 5.26 Å². The Labute approximate surface area is 163 Å². The number of fused-ring (bicyclic) bond motifs is 1. The summed E-state index contributed by atoms with van der Waals surface area (Å²) in [6.07, 6.45) is -2.04. The third-order valence-electron chi connectivity index (χ3n) is 4.51. The van der Waals surface area contributed by atoms with Gasteiger partial charge in [0.2, 0.25) is 0 Å². The highest BCUT2D eigenvalue weighted by Crippen LogP contribution is 2.33. The van der Waals surface area contributed by atoms with Crippen molar-refractivity contribution in [3.8, 4) is 6.07 Å². The van der Waals surface area contributed by atoms with Gasteiger partial charge in [-0.3, -0.25) is 4.79 Å². The molecule has 144 valence electrons. The maximum atomic E-state index is 13.6. The first-order chi connectivity index (χ1) is 13.9. The molecule has 0 atom stereocenters. The predicted octanol–water partition coefficient (Wildman–Crippen LogP) is 4.51. The Morgan fingerprint density at radius 2 is 1.76 bits per heavy atom. The lowest BCUT2D eigenvalue weighted by atomic mass is 10.1. The lowest BCUT2D eigenvalue weighted by Crippen LogP contribution is -2.25. The molecule has 1 aliphatic heterocycles. The van der Waals surface area contributed by atoms with Gasteiger partial charge in [0.15, 0.2) is 5.71 Å². The fourth-order valence-corrected chi connectivity index (χ4v) is 3.25. The van der Waals surface area contributed by atoms with Crippen molar-refractivity contribution < 1.29 is 18.0 Å². The van der Waals surface area contributed by atoms with Crippen LogP contribution in [0.2, 0.25) is 0 Å². The van der Waals surface area contributed by atoms with Crippen LogP contribution in [0.1, 0.15) is 5.56 Å². The van der Waals surface area contributed by atoms with Crippen LogP contribution in [0.4, 0.5) is 18.9 Å². The number of amides is 1. The van der Waals surface area contributed by atoms with Gasteiger partial charge in [-0.1, -0.05) is 36.4 Å². The third-order valence-corrected chi connectivity index (χ3v) is 4.51. The van der Waals surface area contributed by atoms with Gasteiger partial charge in [0.25, 0.3) is 5.91 Å². The number of para-hydroxylation sites is 2. The molecule has 2 heterocycles. The zero-order valence-corrected chi connectivity index (χ0v) is 14.9. The SMILES string of the molecule is N#CCn1cc(/C=C2\C(=O)N(c3ccccc3)N=C2C(F)(F)F)c2ccccc21. The second kappa shape index (κ2) is 6.95. The van der Waals surface area contributed by atoms with Gasteiger partial charge in [0.1, 0.15) is 6.54 Å². The van der Waals surface area contributed by atoms with Crippen molar-refractivity contribution in [2.75, 3.05) is 5.01 Å². The monoisotopic (exact) mass is 394 g/mol. The molecule has 0 N–H and O–H groups in total. The zero-order valence-electron chi connectivity index (χ0n) is 14.9. The molecule has 2 aromatic carbocycles. The summed E-state index contributed by atoms with van der Waals surface area (Å²) in [6.45, 7) is 0.0357. The van der Waals surface area contributed by atoms with Crippen LogP contribution in [0.15, 0.2) is 71.5 Å². The van der Waals surface area contributed by atoms with E-state index in [1.54, 1.807) is 53.2 Å². The van der Waals surface area contributed by atoms with Crippen molar-refractivity contribution in [2.45, 2.75) is 12.7 Å². The van der Waals surface area contributed by atoms with Crippen molar-refractivity contribution in [3.05, 3.63) is 71.9 Å². The lowest BCUT2D eigenvalue weighted by molar-refractivity contribution is -0.114. The predicted molar refractivity (Wildman–Crippen MR) is 103 cm³/mol. The number of carbonyl (C=O) groups excluding carboxylic acids is 1. The summed E-state index contributed by atoms with van der Waals surface area (Å²) < 4.78 is 42.5. The minimum absolute atomic E-state index is 0.0357. The van der Waals surface area contributed by atoms with E-state index in [1.807, 2.05) is 6.07 Å². The first-order valence-corrected chi connectivity index (χ1v) is 8.62. The molecule has 1 aromatic heterocycles. The van der Waals surface area contributed by atoms with Crippen LogP contribution in [-0.4, -0.2) is 22.4 Å². The largest absolute Gasteiger partial charge is 0.435 e. The Kier molecular flexibility index (Phi) is 4.43. The molecule has 8 heteroatoms. The molecule has 1 amide bonds. The van der Waals surface area contributed by atoms with Gasteiger partial charge in [-0.2, -0.15) is 28.5 Å². The van der Waals surface area contributed by atoms with E-state index in [2.05, 4.69) is 5.10 Å². The van der Waals surface area contributed by atoms with Crippen molar-refractivity contribution in [3.63, 3.8) is 0 Å². The van der Waals surface area contributed by atoms with Crippen molar-refractivity contribution >= 4 is 34.3 Å². The fourth-order valence-electron chi connectivity index (χ4n) is 3.25. The average Bonchev–Trinajstić information content (AvgIpc) is 3.22. The second-order valence-electron chi connectivity index (χ2n) is 6.34. The molecule has 1 aliphatic rings. The van der Waals surface area contributed by atoms with E-state index in [0.717, 1.165) is 5.01 Å². The number of nitriles is 1. The van der Waals surface area contributed by atoms with Crippen LogP contribution >= 0.6 is 0 Å². The highest BCUT2D eigenvalue weighted by atomic mass is 19.4. The number of hydrogen-bond acceptors (Lipinski definition) is 3. The molecule has 0 aliphatic carbocycles. The molecule has 29 heavy (non-hydrogen) atoms. The molecule has 4 rings (SSSR count). The highest BCUT2D eigenvalue weighted by Gasteiger charge is 2.46. The number of hydrazone groups is 1. The first-order valence-electron chi connectivity index (χ1n) is 8.62. The first kappa shape index (κ1) is 18.5. The standard InChI is InChI=1S/C21H13F3N4O/c22-21(23,24)19-17(20(29)28(26-19)15-6-2-1-3-7-15)12-14-13-27(11-10-25)18-9-5-4-8-16(14)18/h1-9,12-13H,11H2/b17-12-. The number of benzene rings is 2.